The van der Waals surface area contributed by atoms with Gasteiger partial charge in [-0.2, -0.15) is 0 Å². The maximum Gasteiger partial charge on any atom is 0.333 e. The van der Waals surface area contributed by atoms with Crippen LogP contribution in [-0.2, 0) is 19.1 Å². The number of ether oxygens (including phenoxy) is 1. The molecule has 2 unspecified atom stereocenters. The number of rotatable bonds is 9. The van der Waals surface area contributed by atoms with Crippen LogP contribution in [0.4, 0.5) is 0 Å². The Balaban J connectivity index is 2.27. The van der Waals surface area contributed by atoms with Crippen molar-refractivity contribution < 1.29 is 19.1 Å². The van der Waals surface area contributed by atoms with Crippen molar-refractivity contribution >= 4 is 29.5 Å². The number of thioether (sulfide) groups is 1. The number of hydrogen-bond acceptors (Lipinski definition) is 5. The Labute approximate surface area is 228 Å². The number of esters is 1. The summed E-state index contributed by atoms with van der Waals surface area (Å²) in [5.74, 6) is -0.806. The van der Waals surface area contributed by atoms with E-state index in [1.165, 1.54) is 5.56 Å². The maximum absolute atomic E-state index is 13.9. The van der Waals surface area contributed by atoms with E-state index in [-0.39, 0.29) is 45.7 Å². The summed E-state index contributed by atoms with van der Waals surface area (Å²) in [6.07, 6.45) is 2.52. The van der Waals surface area contributed by atoms with Gasteiger partial charge >= 0.3 is 5.97 Å². The average Bonchev–Trinajstić information content (AvgIpc) is 3.14. The molecule has 1 N–H and O–H groups in total. The summed E-state index contributed by atoms with van der Waals surface area (Å²) in [5.41, 5.74) is 1.19. The van der Waals surface area contributed by atoms with E-state index in [1.807, 2.05) is 64.6 Å². The van der Waals surface area contributed by atoms with Gasteiger partial charge < -0.3 is 15.0 Å². The fourth-order valence-corrected chi connectivity index (χ4v) is 6.53. The van der Waals surface area contributed by atoms with Crippen LogP contribution in [-0.4, -0.2) is 53.2 Å². The van der Waals surface area contributed by atoms with E-state index in [1.54, 1.807) is 31.9 Å². The largest absolute Gasteiger partial charge is 0.463 e. The van der Waals surface area contributed by atoms with E-state index in [0.29, 0.717) is 12.2 Å². The molecule has 206 valence electrons. The van der Waals surface area contributed by atoms with Gasteiger partial charge in [0.2, 0.25) is 11.8 Å². The second kappa shape index (κ2) is 12.5. The highest BCUT2D eigenvalue weighted by Crippen LogP contribution is 2.54. The van der Waals surface area contributed by atoms with Crippen LogP contribution in [0.5, 0.6) is 0 Å². The molecule has 1 fully saturated rings. The van der Waals surface area contributed by atoms with Crippen molar-refractivity contribution in [3.63, 3.8) is 0 Å². The fraction of sp³-hybridized carbons (Fsp3) is 0.633. The first kappa shape index (κ1) is 30.9. The summed E-state index contributed by atoms with van der Waals surface area (Å²) in [6, 6.07) is 9.26. The van der Waals surface area contributed by atoms with Crippen LogP contribution in [0.3, 0.4) is 0 Å². The minimum atomic E-state index is -0.709. The topological polar surface area (TPSA) is 75.7 Å². The van der Waals surface area contributed by atoms with Gasteiger partial charge in [-0.05, 0) is 51.0 Å². The Hall–Kier alpha value is -2.28. The summed E-state index contributed by atoms with van der Waals surface area (Å²) in [6.45, 7) is 17.9. The third-order valence-electron chi connectivity index (χ3n) is 7.12. The van der Waals surface area contributed by atoms with Gasteiger partial charge in [-0.3, -0.25) is 9.59 Å². The number of nitrogens with zero attached hydrogens (tertiary/aromatic N) is 1. The molecular formula is C30H46N2O4S. The lowest BCUT2D eigenvalue weighted by Gasteiger charge is -2.38. The molecule has 7 heteroatoms. The predicted molar refractivity (Wildman–Crippen MR) is 152 cm³/mol. The molecule has 1 aromatic rings. The number of nitrogens with one attached hydrogen (secondary N) is 1. The molecule has 1 aliphatic rings. The van der Waals surface area contributed by atoms with E-state index in [0.717, 1.165) is 6.42 Å². The zero-order chi connectivity index (χ0) is 28.1. The van der Waals surface area contributed by atoms with Crippen LogP contribution in [0.15, 0.2) is 42.0 Å². The molecule has 0 spiro atoms. The highest BCUT2D eigenvalue weighted by atomic mass is 32.2. The number of carbonyl (C=O) groups is 3. The molecule has 1 aliphatic heterocycles. The molecule has 0 aromatic heterocycles. The second-order valence-electron chi connectivity index (χ2n) is 12.0. The molecular weight excluding hydrogens is 484 g/mol. The molecule has 0 saturated carbocycles. The van der Waals surface area contributed by atoms with Crippen LogP contribution < -0.4 is 5.32 Å². The van der Waals surface area contributed by atoms with E-state index >= 15 is 0 Å². The molecule has 0 bridgehead atoms. The van der Waals surface area contributed by atoms with Crippen molar-refractivity contribution in [3.8, 4) is 0 Å². The van der Waals surface area contributed by atoms with Crippen molar-refractivity contribution in [2.45, 2.75) is 90.8 Å². The Kier molecular flexibility index (Phi) is 10.5. The second-order valence-corrected chi connectivity index (χ2v) is 13.8. The van der Waals surface area contributed by atoms with Crippen molar-refractivity contribution in [2.24, 2.45) is 17.3 Å². The van der Waals surface area contributed by atoms with Gasteiger partial charge in [0, 0.05) is 22.6 Å². The quantitative estimate of drug-likeness (QED) is 0.323. The zero-order valence-corrected chi connectivity index (χ0v) is 25.1. The minimum absolute atomic E-state index is 0.0615. The third kappa shape index (κ3) is 7.86. The van der Waals surface area contributed by atoms with Gasteiger partial charge in [-0.15, -0.1) is 11.8 Å². The fourth-order valence-electron chi connectivity index (χ4n) is 4.85. The van der Waals surface area contributed by atoms with Crippen LogP contribution in [0.2, 0.25) is 0 Å². The highest BCUT2D eigenvalue weighted by molar-refractivity contribution is 8.01. The Morgan fingerprint density at radius 3 is 2.30 bits per heavy atom. The third-order valence-corrected chi connectivity index (χ3v) is 8.76. The molecule has 6 nitrogen and oxygen atoms in total. The number of carbonyl (C=O) groups excluding carboxylic acids is 3. The van der Waals surface area contributed by atoms with E-state index in [9.17, 15) is 14.4 Å². The molecule has 2 amide bonds. The van der Waals surface area contributed by atoms with Crippen LogP contribution >= 0.6 is 11.8 Å². The molecule has 0 radical (unpaired) electrons. The number of hydrogen-bond donors (Lipinski definition) is 1. The minimum Gasteiger partial charge on any atom is -0.463 e. The van der Waals surface area contributed by atoms with Crippen molar-refractivity contribution in [1.29, 1.82) is 0 Å². The van der Waals surface area contributed by atoms with Crippen LogP contribution in [0.1, 0.15) is 79.5 Å². The normalized spacial score (nSPS) is 21.3. The lowest BCUT2D eigenvalue weighted by Crippen LogP contribution is -2.58. The first-order chi connectivity index (χ1) is 17.1. The molecule has 2 rings (SSSR count). The lowest BCUT2D eigenvalue weighted by atomic mass is 9.83. The molecule has 0 aliphatic carbocycles. The summed E-state index contributed by atoms with van der Waals surface area (Å²) >= 11 is 1.82. The number of amides is 2. The number of likely N-dealkylation sites (N-methyl/N-ethyl adjacent to an activating group) is 1. The van der Waals surface area contributed by atoms with Crippen molar-refractivity contribution in [3.05, 3.63) is 47.5 Å². The van der Waals surface area contributed by atoms with Crippen molar-refractivity contribution in [2.75, 3.05) is 13.7 Å². The van der Waals surface area contributed by atoms with Crippen LogP contribution in [0.25, 0.3) is 0 Å². The lowest BCUT2D eigenvalue weighted by molar-refractivity contribution is -0.141. The molecule has 1 aromatic carbocycles. The summed E-state index contributed by atoms with van der Waals surface area (Å²) < 4.78 is 4.86. The van der Waals surface area contributed by atoms with Gasteiger partial charge in [0.1, 0.15) is 6.04 Å². The van der Waals surface area contributed by atoms with Gasteiger partial charge in [0.25, 0.3) is 0 Å². The van der Waals surface area contributed by atoms with Crippen LogP contribution in [0, 0.1) is 17.3 Å². The van der Waals surface area contributed by atoms with E-state index < -0.39 is 11.5 Å². The summed E-state index contributed by atoms with van der Waals surface area (Å²) in [7, 11) is 1.74. The summed E-state index contributed by atoms with van der Waals surface area (Å²) in [5, 5.41) is 3.38. The van der Waals surface area contributed by atoms with Gasteiger partial charge in [0.05, 0.1) is 18.6 Å². The number of benzene rings is 1. The highest BCUT2D eigenvalue weighted by Gasteiger charge is 2.47. The molecule has 1 saturated heterocycles. The first-order valence-electron chi connectivity index (χ1n) is 13.3. The van der Waals surface area contributed by atoms with E-state index in [2.05, 4.69) is 31.3 Å². The predicted octanol–water partition coefficient (Wildman–Crippen LogP) is 5.78. The average molecular weight is 531 g/mol. The first-order valence-corrected chi connectivity index (χ1v) is 14.1. The smallest absolute Gasteiger partial charge is 0.333 e. The zero-order valence-electron chi connectivity index (χ0n) is 24.3. The van der Waals surface area contributed by atoms with Gasteiger partial charge in [0.15, 0.2) is 0 Å². The summed E-state index contributed by atoms with van der Waals surface area (Å²) in [4.78, 5) is 41.4. The SMILES string of the molecule is CCOC(=O)/C(C)=C/[C@H](C(C)C)N(C)C(=O)[C@@H](NC(=O)C1CC(c2ccccc2)SC1(C)C)C(C)(C)C. The molecule has 1 heterocycles. The van der Waals surface area contributed by atoms with Gasteiger partial charge in [-0.1, -0.05) is 71.0 Å². The standard InChI is InChI=1S/C30H46N2O4S/c1-11-36-28(35)20(4)17-23(19(2)3)32(10)27(34)25(29(5,6)7)31-26(33)22-18-24(37-30(22,8)9)21-15-13-12-14-16-21/h12-17,19,22-25H,11,18H2,1-10H3,(H,31,33)/b20-17+/t22?,23-,24?,25-/m1/s1. The molecule has 37 heavy (non-hydrogen) atoms. The van der Waals surface area contributed by atoms with E-state index in [4.69, 9.17) is 4.74 Å². The van der Waals surface area contributed by atoms with Gasteiger partial charge in [-0.25, -0.2) is 4.79 Å². The molecule has 4 atom stereocenters. The Morgan fingerprint density at radius 2 is 1.78 bits per heavy atom. The monoisotopic (exact) mass is 530 g/mol. The van der Waals surface area contributed by atoms with Crippen molar-refractivity contribution in [1.82, 2.24) is 10.2 Å². The maximum atomic E-state index is 13.9. The Morgan fingerprint density at radius 1 is 1.19 bits per heavy atom. The Bertz CT molecular complexity index is 981.